The molecule has 0 atom stereocenters. The van der Waals surface area contributed by atoms with Crippen molar-refractivity contribution in [1.82, 2.24) is 4.57 Å². The first-order valence-electron chi connectivity index (χ1n) is 5.74. The molecule has 1 heterocycles. The summed E-state index contributed by atoms with van der Waals surface area (Å²) in [6, 6.07) is 9.14. The van der Waals surface area contributed by atoms with Gasteiger partial charge in [-0.2, -0.15) is 0 Å². The number of nitrogens with two attached hydrogens (primary N) is 1. The number of nitrogens with zero attached hydrogens (tertiary/aromatic N) is 1. The molecular weight excluding hydrogens is 260 g/mol. The lowest BCUT2D eigenvalue weighted by Gasteiger charge is -2.09. The molecule has 96 valence electrons. The number of benzene rings is 1. The molecule has 0 radical (unpaired) electrons. The molecule has 1 aromatic heterocycles. The quantitative estimate of drug-likeness (QED) is 0.858. The first kappa shape index (κ1) is 13.3. The van der Waals surface area contributed by atoms with Crippen molar-refractivity contribution in [3.8, 4) is 23.6 Å². The molecule has 0 fully saturated rings. The molecule has 1 amide bonds. The number of carbonyl (C=O) groups is 1. The summed E-state index contributed by atoms with van der Waals surface area (Å²) < 4.78 is 1.86. The second-order valence-electron chi connectivity index (χ2n) is 4.16. The molecule has 0 aliphatic carbocycles. The summed E-state index contributed by atoms with van der Waals surface area (Å²) in [5.74, 6) is 2.10. The second kappa shape index (κ2) is 5.21. The van der Waals surface area contributed by atoms with Gasteiger partial charge in [-0.1, -0.05) is 35.7 Å². The molecule has 0 spiro atoms. The average molecular weight is 273 g/mol. The van der Waals surface area contributed by atoms with Crippen molar-refractivity contribution in [2.75, 3.05) is 0 Å². The fraction of sp³-hybridized carbons (Fsp3) is 0.133. The number of terminal acetylenes is 1. The number of halogens is 1. The molecule has 0 aliphatic rings. The van der Waals surface area contributed by atoms with Crippen LogP contribution in [-0.4, -0.2) is 10.5 Å². The molecule has 2 aromatic rings. The molecule has 19 heavy (non-hydrogen) atoms. The maximum atomic E-state index is 11.4. The van der Waals surface area contributed by atoms with Crippen LogP contribution in [-0.2, 0) is 6.54 Å². The molecule has 0 saturated carbocycles. The Balaban J connectivity index is 2.70. The summed E-state index contributed by atoms with van der Waals surface area (Å²) in [6.45, 7) is 2.18. The molecular formula is C15H13ClN2O. The van der Waals surface area contributed by atoms with Gasteiger partial charge in [-0.15, -0.1) is 6.42 Å². The summed E-state index contributed by atoms with van der Waals surface area (Å²) in [5, 5.41) is 0.606. The highest BCUT2D eigenvalue weighted by Crippen LogP contribution is 2.31. The minimum Gasteiger partial charge on any atom is -0.366 e. The Hall–Kier alpha value is -2.18. The van der Waals surface area contributed by atoms with Gasteiger partial charge in [-0.3, -0.25) is 4.79 Å². The van der Waals surface area contributed by atoms with Gasteiger partial charge in [0.05, 0.1) is 17.8 Å². The third-order valence-corrected chi connectivity index (χ3v) is 3.36. The van der Waals surface area contributed by atoms with Crippen LogP contribution in [0.4, 0.5) is 0 Å². The summed E-state index contributed by atoms with van der Waals surface area (Å²) in [7, 11) is 0. The van der Waals surface area contributed by atoms with Gasteiger partial charge in [0.25, 0.3) is 5.91 Å². The highest BCUT2D eigenvalue weighted by Gasteiger charge is 2.17. The average Bonchev–Trinajstić information content (AvgIpc) is 2.69. The van der Waals surface area contributed by atoms with Gasteiger partial charge in [0.2, 0.25) is 0 Å². The maximum Gasteiger partial charge on any atom is 0.250 e. The number of amides is 1. The van der Waals surface area contributed by atoms with Crippen molar-refractivity contribution < 1.29 is 4.79 Å². The Morgan fingerprint density at radius 1 is 1.47 bits per heavy atom. The van der Waals surface area contributed by atoms with Gasteiger partial charge in [-0.05, 0) is 19.1 Å². The monoisotopic (exact) mass is 272 g/mol. The van der Waals surface area contributed by atoms with Crippen LogP contribution in [0.2, 0.25) is 5.02 Å². The minimum absolute atomic E-state index is 0.361. The molecule has 4 heteroatoms. The maximum absolute atomic E-state index is 11.4. The van der Waals surface area contributed by atoms with E-state index in [0.717, 1.165) is 17.0 Å². The van der Waals surface area contributed by atoms with Crippen molar-refractivity contribution in [2.24, 2.45) is 5.73 Å². The van der Waals surface area contributed by atoms with Crippen molar-refractivity contribution in [1.29, 1.82) is 0 Å². The van der Waals surface area contributed by atoms with Crippen molar-refractivity contribution in [3.63, 3.8) is 0 Å². The Morgan fingerprint density at radius 2 is 2.16 bits per heavy atom. The molecule has 2 rings (SSSR count). The summed E-state index contributed by atoms with van der Waals surface area (Å²) in [5.41, 5.74) is 8.22. The zero-order valence-electron chi connectivity index (χ0n) is 10.5. The van der Waals surface area contributed by atoms with E-state index in [2.05, 4.69) is 5.92 Å². The van der Waals surface area contributed by atoms with Crippen LogP contribution in [0.3, 0.4) is 0 Å². The highest BCUT2D eigenvalue weighted by molar-refractivity contribution is 6.33. The third kappa shape index (κ3) is 2.35. The first-order chi connectivity index (χ1) is 9.06. The number of carbonyl (C=O) groups excluding carboxylic acids is 1. The van der Waals surface area contributed by atoms with Gasteiger partial charge >= 0.3 is 0 Å². The summed E-state index contributed by atoms with van der Waals surface area (Å²) >= 11 is 6.19. The van der Waals surface area contributed by atoms with Crippen LogP contribution < -0.4 is 5.73 Å². The standard InChI is InChI=1S/C15H13ClN2O/c1-3-8-18-10(2)12(15(17)19)9-14(18)11-6-4-5-7-13(11)16/h1,4-7,9H,8H2,2H3,(H2,17,19). The van der Waals surface area contributed by atoms with Crippen LogP contribution >= 0.6 is 11.6 Å². The van der Waals surface area contributed by atoms with Crippen LogP contribution in [0.25, 0.3) is 11.3 Å². The topological polar surface area (TPSA) is 48.0 Å². The van der Waals surface area contributed by atoms with E-state index < -0.39 is 5.91 Å². The Bertz CT molecular complexity index is 680. The molecule has 0 unspecified atom stereocenters. The fourth-order valence-electron chi connectivity index (χ4n) is 2.08. The zero-order chi connectivity index (χ0) is 14.0. The number of primary amides is 1. The lowest BCUT2D eigenvalue weighted by Crippen LogP contribution is -2.12. The summed E-state index contributed by atoms with van der Waals surface area (Å²) in [6.07, 6.45) is 5.38. The summed E-state index contributed by atoms with van der Waals surface area (Å²) in [4.78, 5) is 11.4. The van der Waals surface area contributed by atoms with E-state index >= 15 is 0 Å². The molecule has 0 aliphatic heterocycles. The van der Waals surface area contributed by atoms with E-state index in [4.69, 9.17) is 23.8 Å². The van der Waals surface area contributed by atoms with Crippen molar-refractivity contribution in [2.45, 2.75) is 13.5 Å². The Kier molecular flexibility index (Phi) is 3.64. The van der Waals surface area contributed by atoms with E-state index in [0.29, 0.717) is 17.1 Å². The third-order valence-electron chi connectivity index (χ3n) is 3.03. The van der Waals surface area contributed by atoms with E-state index in [1.807, 2.05) is 29.7 Å². The number of hydrogen-bond donors (Lipinski definition) is 1. The van der Waals surface area contributed by atoms with Gasteiger partial charge in [0, 0.05) is 16.3 Å². The van der Waals surface area contributed by atoms with Gasteiger partial charge < -0.3 is 10.3 Å². The van der Waals surface area contributed by atoms with E-state index in [-0.39, 0.29) is 0 Å². The first-order valence-corrected chi connectivity index (χ1v) is 6.12. The van der Waals surface area contributed by atoms with E-state index in [1.165, 1.54) is 0 Å². The minimum atomic E-state index is -0.471. The van der Waals surface area contributed by atoms with Gasteiger partial charge in [-0.25, -0.2) is 0 Å². The lowest BCUT2D eigenvalue weighted by molar-refractivity contribution is 0.0999. The smallest absolute Gasteiger partial charge is 0.250 e. The predicted molar refractivity (Wildman–Crippen MR) is 77.0 cm³/mol. The van der Waals surface area contributed by atoms with Gasteiger partial charge in [0.1, 0.15) is 0 Å². The number of hydrogen-bond acceptors (Lipinski definition) is 1. The van der Waals surface area contributed by atoms with E-state index in [1.54, 1.807) is 12.1 Å². The number of aromatic nitrogens is 1. The molecule has 0 saturated heterocycles. The zero-order valence-corrected chi connectivity index (χ0v) is 11.2. The highest BCUT2D eigenvalue weighted by atomic mass is 35.5. The normalized spacial score (nSPS) is 10.2. The van der Waals surface area contributed by atoms with Crippen LogP contribution in [0.15, 0.2) is 30.3 Å². The van der Waals surface area contributed by atoms with Crippen LogP contribution in [0.5, 0.6) is 0 Å². The Labute approximate surface area is 117 Å². The Morgan fingerprint density at radius 3 is 2.74 bits per heavy atom. The lowest BCUT2D eigenvalue weighted by atomic mass is 10.1. The molecule has 1 aromatic carbocycles. The SMILES string of the molecule is C#CCn1c(-c2ccccc2Cl)cc(C(N)=O)c1C. The van der Waals surface area contributed by atoms with Crippen molar-refractivity contribution >= 4 is 17.5 Å². The van der Waals surface area contributed by atoms with Crippen LogP contribution in [0, 0.1) is 19.3 Å². The molecule has 3 nitrogen and oxygen atoms in total. The molecule has 0 bridgehead atoms. The van der Waals surface area contributed by atoms with E-state index in [9.17, 15) is 4.79 Å². The van der Waals surface area contributed by atoms with Gasteiger partial charge in [0.15, 0.2) is 0 Å². The number of rotatable bonds is 3. The second-order valence-corrected chi connectivity index (χ2v) is 4.57. The largest absolute Gasteiger partial charge is 0.366 e. The predicted octanol–water partition coefficient (Wildman–Crippen LogP) is 2.85. The van der Waals surface area contributed by atoms with Crippen molar-refractivity contribution in [3.05, 3.63) is 46.6 Å². The van der Waals surface area contributed by atoms with Crippen LogP contribution in [0.1, 0.15) is 16.1 Å². The molecule has 2 N–H and O–H groups in total. The fourth-order valence-corrected chi connectivity index (χ4v) is 2.31.